The smallest absolute Gasteiger partial charge is 0.336 e. The summed E-state index contributed by atoms with van der Waals surface area (Å²) >= 11 is 0. The molecule has 0 atom stereocenters. The minimum atomic E-state index is -0.902. The van der Waals surface area contributed by atoms with E-state index in [-0.39, 0.29) is 0 Å². The predicted molar refractivity (Wildman–Crippen MR) is 58.0 cm³/mol. The molecule has 3 N–H and O–H groups in total. The van der Waals surface area contributed by atoms with E-state index in [4.69, 9.17) is 5.11 Å². The van der Waals surface area contributed by atoms with Crippen molar-refractivity contribution in [3.63, 3.8) is 0 Å². The molecule has 0 saturated heterocycles. The highest BCUT2D eigenvalue weighted by Gasteiger charge is 2.23. The summed E-state index contributed by atoms with van der Waals surface area (Å²) in [6.07, 6.45) is 5.33. The van der Waals surface area contributed by atoms with E-state index in [1.54, 1.807) is 18.5 Å². The summed E-state index contributed by atoms with van der Waals surface area (Å²) in [5.41, 5.74) is 3.70. The number of aromatic amines is 1. The summed E-state index contributed by atoms with van der Waals surface area (Å²) < 4.78 is 0. The van der Waals surface area contributed by atoms with Crippen LogP contribution in [-0.2, 0) is 6.54 Å². The molecule has 0 aromatic heterocycles. The molecule has 0 amide bonds. The highest BCUT2D eigenvalue weighted by molar-refractivity contribution is 5.97. The molecule has 0 radical (unpaired) electrons. The molecule has 0 aromatic carbocycles. The van der Waals surface area contributed by atoms with Crippen molar-refractivity contribution in [2.45, 2.75) is 6.54 Å². The number of nitrogens with one attached hydrogen (secondary N) is 2. The number of nitrogens with zero attached hydrogens (tertiary/aromatic N) is 1. The third-order valence-electron chi connectivity index (χ3n) is 2.74. The summed E-state index contributed by atoms with van der Waals surface area (Å²) in [6.45, 7) is 0.514. The van der Waals surface area contributed by atoms with Gasteiger partial charge in [-0.05, 0) is 23.9 Å². The van der Waals surface area contributed by atoms with Crippen LogP contribution >= 0.6 is 0 Å². The van der Waals surface area contributed by atoms with Crippen LogP contribution in [0.25, 0.3) is 17.2 Å². The number of H-pyrrole nitrogens is 1. The number of rotatable bonds is 1. The van der Waals surface area contributed by atoms with E-state index >= 15 is 0 Å². The van der Waals surface area contributed by atoms with Crippen molar-refractivity contribution in [2.75, 3.05) is 0 Å². The molecule has 0 unspecified atom stereocenters. The van der Waals surface area contributed by atoms with Crippen molar-refractivity contribution in [3.8, 4) is 11.1 Å². The third-order valence-corrected chi connectivity index (χ3v) is 2.74. The number of carbonyl (C=O) groups is 1. The van der Waals surface area contributed by atoms with E-state index in [1.807, 2.05) is 6.08 Å². The second-order valence-corrected chi connectivity index (χ2v) is 3.66. The van der Waals surface area contributed by atoms with Crippen molar-refractivity contribution >= 4 is 12.0 Å². The number of aromatic nitrogens is 2. The molecule has 5 nitrogen and oxygen atoms in total. The van der Waals surface area contributed by atoms with Crippen LogP contribution in [-0.4, -0.2) is 21.3 Å². The molecule has 0 saturated carbocycles. The number of carboxylic acids is 1. The second kappa shape index (κ2) is 3.10. The Hall–Kier alpha value is -2.30. The zero-order valence-corrected chi connectivity index (χ0v) is 8.32. The predicted octanol–water partition coefficient (Wildman–Crippen LogP) is 1.29. The Kier molecular flexibility index (Phi) is 1.73. The highest BCUT2D eigenvalue weighted by Crippen LogP contribution is 2.34. The van der Waals surface area contributed by atoms with Gasteiger partial charge in [0.1, 0.15) is 0 Å². The van der Waals surface area contributed by atoms with Gasteiger partial charge in [0, 0.05) is 23.9 Å². The van der Waals surface area contributed by atoms with Gasteiger partial charge < -0.3 is 10.4 Å². The Bertz CT molecular complexity index is 571. The molecule has 0 fully saturated rings. The van der Waals surface area contributed by atoms with E-state index < -0.39 is 5.97 Å². The molecular weight excluding hydrogens is 206 g/mol. The van der Waals surface area contributed by atoms with E-state index in [0.29, 0.717) is 12.1 Å². The van der Waals surface area contributed by atoms with Crippen LogP contribution in [0, 0.1) is 0 Å². The van der Waals surface area contributed by atoms with Crippen LogP contribution in [0.3, 0.4) is 0 Å². The number of hydrogen-bond acceptors (Lipinski definition) is 3. The fourth-order valence-electron chi connectivity index (χ4n) is 2.06. The molecule has 80 valence electrons. The summed E-state index contributed by atoms with van der Waals surface area (Å²) in [7, 11) is 0. The normalized spacial score (nSPS) is 13.5. The molecular formula is C11H9N3O2. The first-order valence-electron chi connectivity index (χ1n) is 4.90. The van der Waals surface area contributed by atoms with Crippen molar-refractivity contribution in [3.05, 3.63) is 35.3 Å². The quantitative estimate of drug-likeness (QED) is 0.669. The zero-order valence-electron chi connectivity index (χ0n) is 8.32. The highest BCUT2D eigenvalue weighted by atomic mass is 16.4. The van der Waals surface area contributed by atoms with E-state index in [1.165, 1.54) is 0 Å². The molecule has 0 aromatic rings. The van der Waals surface area contributed by atoms with Gasteiger partial charge in [0.05, 0.1) is 11.3 Å². The number of carboxylic acid groups (broad SMARTS) is 1. The van der Waals surface area contributed by atoms with Crippen molar-refractivity contribution in [1.29, 1.82) is 0 Å². The van der Waals surface area contributed by atoms with Gasteiger partial charge in [-0.15, -0.1) is 0 Å². The van der Waals surface area contributed by atoms with Crippen LogP contribution in [0.2, 0.25) is 0 Å². The number of aromatic carboxylic acids is 1. The Balaban J connectivity index is 2.38. The molecule has 3 rings (SSSR count). The van der Waals surface area contributed by atoms with Gasteiger partial charge in [-0.1, -0.05) is 0 Å². The van der Waals surface area contributed by atoms with Crippen LogP contribution in [0.4, 0.5) is 0 Å². The SMILES string of the molecule is O=C(O)c1cc2c[nH]nc3c-2c1CNC=C3. The first-order chi connectivity index (χ1) is 7.77. The van der Waals surface area contributed by atoms with Crippen molar-refractivity contribution in [1.82, 2.24) is 15.5 Å². The molecule has 0 spiro atoms. The number of hydrogen-bond donors (Lipinski definition) is 3. The van der Waals surface area contributed by atoms with Crippen molar-refractivity contribution in [2.24, 2.45) is 0 Å². The van der Waals surface area contributed by atoms with Crippen LogP contribution < -0.4 is 5.32 Å². The van der Waals surface area contributed by atoms with Gasteiger partial charge in [-0.3, -0.25) is 5.10 Å². The Morgan fingerprint density at radius 1 is 1.50 bits per heavy atom. The third kappa shape index (κ3) is 1.11. The molecule has 3 aliphatic rings. The van der Waals surface area contributed by atoms with Gasteiger partial charge in [0.15, 0.2) is 0 Å². The summed E-state index contributed by atoms with van der Waals surface area (Å²) in [5.74, 6) is -0.902. The van der Waals surface area contributed by atoms with E-state index in [9.17, 15) is 4.79 Å². The standard InChI is InChI=1S/C11H9N3O2/c15-11(16)7-3-6-4-13-14-9-1-2-12-5-8(7)10(6)9/h1-4,12-13H,5H2,(H,15,16). The van der Waals surface area contributed by atoms with Gasteiger partial charge >= 0.3 is 5.97 Å². The second-order valence-electron chi connectivity index (χ2n) is 3.66. The van der Waals surface area contributed by atoms with Crippen LogP contribution in [0.15, 0.2) is 18.5 Å². The Morgan fingerprint density at radius 2 is 2.38 bits per heavy atom. The maximum atomic E-state index is 11.1. The van der Waals surface area contributed by atoms with E-state index in [2.05, 4.69) is 15.5 Å². The van der Waals surface area contributed by atoms with Crippen LogP contribution in [0.1, 0.15) is 21.6 Å². The van der Waals surface area contributed by atoms with Gasteiger partial charge in [-0.2, -0.15) is 5.10 Å². The van der Waals surface area contributed by atoms with Gasteiger partial charge in [0.25, 0.3) is 0 Å². The molecule has 5 heteroatoms. The lowest BCUT2D eigenvalue weighted by atomic mass is 10.1. The minimum Gasteiger partial charge on any atom is -0.478 e. The Labute approximate surface area is 91.1 Å². The fourth-order valence-corrected chi connectivity index (χ4v) is 2.06. The fraction of sp³-hybridized carbons (Fsp3) is 0.0909. The van der Waals surface area contributed by atoms with E-state index in [0.717, 1.165) is 22.4 Å². The monoisotopic (exact) mass is 215 g/mol. The lowest BCUT2D eigenvalue weighted by Gasteiger charge is -2.04. The van der Waals surface area contributed by atoms with Crippen molar-refractivity contribution < 1.29 is 9.90 Å². The maximum absolute atomic E-state index is 11.1. The molecule has 1 aliphatic carbocycles. The molecule has 0 bridgehead atoms. The Morgan fingerprint density at radius 3 is 3.19 bits per heavy atom. The zero-order chi connectivity index (χ0) is 11.1. The molecule has 16 heavy (non-hydrogen) atoms. The first kappa shape index (κ1) is 8.96. The average Bonchev–Trinajstić information content (AvgIpc) is 2.50. The largest absolute Gasteiger partial charge is 0.478 e. The topological polar surface area (TPSA) is 78.0 Å². The molecule has 2 heterocycles. The lowest BCUT2D eigenvalue weighted by Crippen LogP contribution is -2.07. The minimum absolute atomic E-state index is 0.342. The summed E-state index contributed by atoms with van der Waals surface area (Å²) in [6, 6.07) is 1.68. The van der Waals surface area contributed by atoms with Gasteiger partial charge in [-0.25, -0.2) is 4.79 Å². The van der Waals surface area contributed by atoms with Crippen LogP contribution in [0.5, 0.6) is 0 Å². The maximum Gasteiger partial charge on any atom is 0.336 e. The molecule has 2 aliphatic heterocycles. The average molecular weight is 215 g/mol. The van der Waals surface area contributed by atoms with Gasteiger partial charge in [0.2, 0.25) is 0 Å². The lowest BCUT2D eigenvalue weighted by molar-refractivity contribution is 0.0696. The summed E-state index contributed by atoms with van der Waals surface area (Å²) in [4.78, 5) is 11.1. The first-order valence-corrected chi connectivity index (χ1v) is 4.90. The summed E-state index contributed by atoms with van der Waals surface area (Å²) in [5, 5.41) is 19.1.